The lowest BCUT2D eigenvalue weighted by Gasteiger charge is -2.23. The third-order valence-electron chi connectivity index (χ3n) is 10.5. The van der Waals surface area contributed by atoms with Gasteiger partial charge in [-0.25, -0.2) is 29.9 Å². The van der Waals surface area contributed by atoms with Crippen molar-refractivity contribution in [3.63, 3.8) is 0 Å². The van der Waals surface area contributed by atoms with E-state index in [1.165, 1.54) is 5.56 Å². The van der Waals surface area contributed by atoms with Gasteiger partial charge in [-0.15, -0.1) is 0 Å². The van der Waals surface area contributed by atoms with E-state index in [1.54, 1.807) is 0 Å². The first-order chi connectivity index (χ1) is 28.6. The van der Waals surface area contributed by atoms with Gasteiger partial charge in [0.2, 0.25) is 0 Å². The first-order valence-corrected chi connectivity index (χ1v) is 19.7. The number of aromatic amines is 2. The molecule has 12 heteroatoms. The largest absolute Gasteiger partial charge is 0.457 e. The summed E-state index contributed by atoms with van der Waals surface area (Å²) in [6, 6.07) is 34.9. The summed E-state index contributed by atoms with van der Waals surface area (Å²) >= 11 is 0. The molecule has 0 atom stereocenters. The summed E-state index contributed by atoms with van der Waals surface area (Å²) in [5.41, 5.74) is 9.56. The second-order valence-corrected chi connectivity index (χ2v) is 16.0. The summed E-state index contributed by atoms with van der Waals surface area (Å²) in [5, 5.41) is 3.76. The lowest BCUT2D eigenvalue weighted by atomic mass is 10.0. The minimum Gasteiger partial charge on any atom is -0.457 e. The molecule has 8 aromatic rings. The van der Waals surface area contributed by atoms with E-state index in [-0.39, 0.29) is 0 Å². The van der Waals surface area contributed by atoms with Gasteiger partial charge >= 0.3 is 0 Å². The van der Waals surface area contributed by atoms with Crippen LogP contribution in [0, 0.1) is 0 Å². The van der Waals surface area contributed by atoms with Crippen molar-refractivity contribution >= 4 is 44.1 Å². The van der Waals surface area contributed by atoms with Crippen molar-refractivity contribution in [3.05, 3.63) is 120 Å². The van der Waals surface area contributed by atoms with Gasteiger partial charge < -0.3 is 29.4 Å². The molecule has 5 heterocycles. The zero-order valence-corrected chi connectivity index (χ0v) is 33.9. The Kier molecular flexibility index (Phi) is 8.97. The van der Waals surface area contributed by atoms with Crippen LogP contribution in [0.3, 0.4) is 0 Å². The van der Waals surface area contributed by atoms with Crippen LogP contribution < -0.4 is 4.74 Å². The van der Waals surface area contributed by atoms with Crippen LogP contribution in [0.5, 0.6) is 11.5 Å². The van der Waals surface area contributed by atoms with Crippen molar-refractivity contribution in [2.75, 3.05) is 42.3 Å². The fourth-order valence-electron chi connectivity index (χ4n) is 8.13. The van der Waals surface area contributed by atoms with E-state index >= 15 is 0 Å². The average molecular weight is 778 g/mol. The SMILES string of the molecule is CN(C)Cc1cc(CN(C)C)c(Oc2ccc3c(c2)-c2nc4nc(nc5[nH]c(nc6[nH]c(nc-3n2)c2ccccc62)c2ccccc52)-c2ccccc2-4)c(CN(C)C)c1. The first-order valence-electron chi connectivity index (χ1n) is 19.7. The third-order valence-corrected chi connectivity index (χ3v) is 10.5. The summed E-state index contributed by atoms with van der Waals surface area (Å²) in [6.45, 7) is 2.28. The van der Waals surface area contributed by atoms with Crippen LogP contribution in [0.15, 0.2) is 103 Å². The van der Waals surface area contributed by atoms with Gasteiger partial charge in [0.1, 0.15) is 34.1 Å². The maximum Gasteiger partial charge on any atom is 0.164 e. The third kappa shape index (κ3) is 6.76. The van der Waals surface area contributed by atoms with Gasteiger partial charge in [-0.1, -0.05) is 72.8 Å². The Morgan fingerprint density at radius 2 is 0.831 bits per heavy atom. The fraction of sp³-hybridized carbons (Fsp3) is 0.191. The molecule has 59 heavy (non-hydrogen) atoms. The lowest BCUT2D eigenvalue weighted by molar-refractivity contribution is 0.369. The summed E-state index contributed by atoms with van der Waals surface area (Å²) in [6.07, 6.45) is 0. The number of rotatable bonds is 8. The number of ether oxygens (including phenoxy) is 1. The van der Waals surface area contributed by atoms with Crippen molar-refractivity contribution < 1.29 is 4.74 Å². The normalized spacial score (nSPS) is 12.2. The molecule has 0 spiro atoms. The Balaban J connectivity index is 1.22. The van der Waals surface area contributed by atoms with Crippen LogP contribution in [0.25, 0.3) is 89.7 Å². The Labute approximate surface area is 341 Å². The van der Waals surface area contributed by atoms with Gasteiger partial charge in [0.25, 0.3) is 0 Å². The first kappa shape index (κ1) is 36.5. The second kappa shape index (κ2) is 14.5. The molecule has 0 fully saturated rings. The van der Waals surface area contributed by atoms with Crippen molar-refractivity contribution in [3.8, 4) is 57.1 Å². The molecule has 0 radical (unpaired) electrons. The fourth-order valence-corrected chi connectivity index (χ4v) is 8.13. The van der Waals surface area contributed by atoms with Crippen molar-refractivity contribution in [1.82, 2.24) is 54.6 Å². The smallest absolute Gasteiger partial charge is 0.164 e. The van der Waals surface area contributed by atoms with Crippen LogP contribution in [0.1, 0.15) is 16.7 Å². The molecular formula is C47H43N11O. The maximum atomic E-state index is 6.96. The van der Waals surface area contributed by atoms with E-state index in [0.29, 0.717) is 51.6 Å². The topological polar surface area (TPSA) is 128 Å². The number of fused-ring (bicyclic) bond motifs is 20. The molecule has 5 aromatic carbocycles. The summed E-state index contributed by atoms with van der Waals surface area (Å²) in [5.74, 6) is 3.63. The van der Waals surface area contributed by atoms with E-state index in [9.17, 15) is 0 Å². The van der Waals surface area contributed by atoms with Crippen LogP contribution in [0.2, 0.25) is 0 Å². The molecule has 10 rings (SSSR count). The highest BCUT2D eigenvalue weighted by Crippen LogP contribution is 2.41. The Morgan fingerprint density at radius 3 is 1.31 bits per heavy atom. The van der Waals surface area contributed by atoms with Crippen LogP contribution in [-0.2, 0) is 19.6 Å². The number of hydrogen-bond acceptors (Lipinski definition) is 10. The summed E-state index contributed by atoms with van der Waals surface area (Å²) in [7, 11) is 12.5. The molecule has 8 bridgehead atoms. The molecule has 2 aliphatic rings. The van der Waals surface area contributed by atoms with Gasteiger partial charge in [0, 0.05) is 74.6 Å². The van der Waals surface area contributed by atoms with Crippen LogP contribution in [0.4, 0.5) is 0 Å². The molecular weight excluding hydrogens is 735 g/mol. The molecule has 2 aliphatic heterocycles. The standard InChI is InChI=1S/C47H43N11O/c1-56(2)24-27-21-28(25-57(3)4)39(29(22-27)26-58(5)6)59-30-19-20-37-38(23-30)47-54-45-36-18-12-11-17-35(36)43(52-45)50-41-32-14-8-7-13-31(32)40(48-41)49-42-33-15-9-10-16-34(33)44(51-42)53-46(37)55-47/h7-23H,24-26H2,1-6H3,(H2,48,49,50,51,52,53,54,55). The molecule has 0 amide bonds. The van der Waals surface area contributed by atoms with E-state index in [0.717, 1.165) is 80.3 Å². The molecule has 0 saturated carbocycles. The van der Waals surface area contributed by atoms with Crippen molar-refractivity contribution in [2.45, 2.75) is 19.6 Å². The van der Waals surface area contributed by atoms with Gasteiger partial charge in [-0.2, -0.15) is 0 Å². The minimum absolute atomic E-state index is 0.489. The van der Waals surface area contributed by atoms with E-state index in [1.807, 2.05) is 72.8 Å². The van der Waals surface area contributed by atoms with Gasteiger partial charge in [-0.3, -0.25) is 0 Å². The maximum absolute atomic E-state index is 6.96. The van der Waals surface area contributed by atoms with Gasteiger partial charge in [-0.05, 0) is 78.2 Å². The highest BCUT2D eigenvalue weighted by Gasteiger charge is 2.25. The molecule has 12 nitrogen and oxygen atoms in total. The molecule has 3 aromatic heterocycles. The van der Waals surface area contributed by atoms with Crippen LogP contribution in [-0.4, -0.2) is 96.9 Å². The highest BCUT2D eigenvalue weighted by molar-refractivity contribution is 6.07. The minimum atomic E-state index is 0.489. The summed E-state index contributed by atoms with van der Waals surface area (Å²) in [4.78, 5) is 44.4. The number of nitrogens with one attached hydrogen (secondary N) is 2. The van der Waals surface area contributed by atoms with E-state index in [4.69, 9.17) is 34.6 Å². The molecule has 0 saturated heterocycles. The number of aromatic nitrogens is 8. The van der Waals surface area contributed by atoms with Gasteiger partial charge in [0.05, 0.1) is 0 Å². The number of H-pyrrole nitrogens is 2. The highest BCUT2D eigenvalue weighted by atomic mass is 16.5. The number of nitrogens with zero attached hydrogens (tertiary/aromatic N) is 9. The predicted octanol–water partition coefficient (Wildman–Crippen LogP) is 8.85. The zero-order valence-electron chi connectivity index (χ0n) is 33.9. The van der Waals surface area contributed by atoms with E-state index in [2.05, 4.69) is 97.3 Å². The number of hydrogen-bond donors (Lipinski definition) is 2. The monoisotopic (exact) mass is 777 g/mol. The van der Waals surface area contributed by atoms with Crippen molar-refractivity contribution in [1.29, 1.82) is 0 Å². The predicted molar refractivity (Wildman–Crippen MR) is 235 cm³/mol. The summed E-state index contributed by atoms with van der Waals surface area (Å²) < 4.78 is 6.96. The van der Waals surface area contributed by atoms with Crippen LogP contribution >= 0.6 is 0 Å². The van der Waals surface area contributed by atoms with E-state index < -0.39 is 0 Å². The quantitative estimate of drug-likeness (QED) is 0.155. The molecule has 0 unspecified atom stereocenters. The zero-order chi connectivity index (χ0) is 40.4. The number of benzene rings is 5. The second-order valence-electron chi connectivity index (χ2n) is 16.0. The molecule has 0 aliphatic carbocycles. The van der Waals surface area contributed by atoms with Gasteiger partial charge in [0.15, 0.2) is 23.3 Å². The molecule has 292 valence electrons. The Hall–Kier alpha value is -6.86. The van der Waals surface area contributed by atoms with Crippen molar-refractivity contribution in [2.24, 2.45) is 0 Å². The average Bonchev–Trinajstić information content (AvgIpc) is 3.94. The Morgan fingerprint density at radius 1 is 0.424 bits per heavy atom. The Bertz CT molecular complexity index is 3100. The molecule has 2 N–H and O–H groups in total. The lowest BCUT2D eigenvalue weighted by Crippen LogP contribution is -2.17.